The number of carboxylic acid groups (broad SMARTS) is 2. The van der Waals surface area contributed by atoms with Gasteiger partial charge < -0.3 is 20.4 Å². The molecule has 0 bridgehead atoms. The van der Waals surface area contributed by atoms with Crippen molar-refractivity contribution in [3.63, 3.8) is 0 Å². The first-order valence-electron chi connectivity index (χ1n) is 7.24. The van der Waals surface area contributed by atoms with Crippen LogP contribution in [-0.4, -0.2) is 45.6 Å². The summed E-state index contributed by atoms with van der Waals surface area (Å²) in [6, 6.07) is 5.02. The van der Waals surface area contributed by atoms with Crippen molar-refractivity contribution in [2.24, 2.45) is 5.92 Å². The zero-order valence-electron chi connectivity index (χ0n) is 12.7. The molecule has 0 aromatic heterocycles. The molecule has 1 rings (SSSR count). The Labute approximate surface area is 130 Å². The fraction of sp³-hybridized carbons (Fsp3) is 0.500. The molecule has 1 aromatic rings. The van der Waals surface area contributed by atoms with E-state index < -0.39 is 11.9 Å². The van der Waals surface area contributed by atoms with E-state index in [4.69, 9.17) is 20.4 Å². The molecule has 0 aliphatic rings. The number of carbonyl (C=O) groups is 2. The molecule has 0 saturated carbocycles. The molecule has 0 aliphatic heterocycles. The van der Waals surface area contributed by atoms with Crippen molar-refractivity contribution in [2.75, 3.05) is 13.2 Å². The molecule has 0 radical (unpaired) electrons. The third-order valence-corrected chi connectivity index (χ3v) is 3.23. The summed E-state index contributed by atoms with van der Waals surface area (Å²) < 4.78 is 0. The fourth-order valence-corrected chi connectivity index (χ4v) is 1.72. The van der Waals surface area contributed by atoms with Crippen molar-refractivity contribution < 1.29 is 30.0 Å². The number of aliphatic hydroxyl groups is 2. The van der Waals surface area contributed by atoms with Gasteiger partial charge in [0.2, 0.25) is 0 Å². The number of hydrogen-bond acceptors (Lipinski definition) is 4. The lowest BCUT2D eigenvalue weighted by atomic mass is 10.0. The van der Waals surface area contributed by atoms with Crippen molar-refractivity contribution >= 4 is 11.9 Å². The van der Waals surface area contributed by atoms with E-state index in [9.17, 15) is 9.59 Å². The maximum atomic E-state index is 10.3. The van der Waals surface area contributed by atoms with Gasteiger partial charge in [-0.3, -0.25) is 0 Å². The van der Waals surface area contributed by atoms with Crippen molar-refractivity contribution in [2.45, 2.75) is 32.6 Å². The van der Waals surface area contributed by atoms with E-state index in [2.05, 4.69) is 6.92 Å². The SMILES string of the molecule is CCC(CO)CCCCO.O=C(O)c1ccc(C(=O)O)cc1. The Morgan fingerprint density at radius 3 is 1.68 bits per heavy atom. The summed E-state index contributed by atoms with van der Waals surface area (Å²) in [5.41, 5.74) is 0.167. The van der Waals surface area contributed by atoms with E-state index in [1.807, 2.05) is 0 Å². The zero-order valence-corrected chi connectivity index (χ0v) is 12.7. The van der Waals surface area contributed by atoms with Gasteiger partial charge in [-0.15, -0.1) is 0 Å². The average Bonchev–Trinajstić information content (AvgIpc) is 2.52. The Kier molecular flexibility index (Phi) is 10.7. The molecule has 6 heteroatoms. The van der Waals surface area contributed by atoms with Crippen LogP contribution in [-0.2, 0) is 0 Å². The van der Waals surface area contributed by atoms with Gasteiger partial charge in [0.25, 0.3) is 0 Å². The summed E-state index contributed by atoms with van der Waals surface area (Å²) in [7, 11) is 0. The van der Waals surface area contributed by atoms with Gasteiger partial charge in [-0.25, -0.2) is 9.59 Å². The second-order valence-electron chi connectivity index (χ2n) is 4.86. The molecule has 0 spiro atoms. The van der Waals surface area contributed by atoms with Gasteiger partial charge in [-0.05, 0) is 43.0 Å². The normalized spacial score (nSPS) is 11.2. The summed E-state index contributed by atoms with van der Waals surface area (Å²) in [5, 5.41) is 34.2. The topological polar surface area (TPSA) is 115 Å². The Balaban J connectivity index is 0.000000409. The van der Waals surface area contributed by atoms with Crippen molar-refractivity contribution in [1.82, 2.24) is 0 Å². The summed E-state index contributed by atoms with van der Waals surface area (Å²) in [6.45, 7) is 2.66. The van der Waals surface area contributed by atoms with Crippen LogP contribution in [0.5, 0.6) is 0 Å². The predicted octanol–water partition coefficient (Wildman–Crippen LogP) is 2.25. The summed E-state index contributed by atoms with van der Waals surface area (Å²) >= 11 is 0. The molecule has 124 valence electrons. The van der Waals surface area contributed by atoms with Crippen molar-refractivity contribution in [3.05, 3.63) is 35.4 Å². The van der Waals surface area contributed by atoms with E-state index in [1.165, 1.54) is 24.3 Å². The molecule has 4 N–H and O–H groups in total. The Morgan fingerprint density at radius 2 is 1.41 bits per heavy atom. The van der Waals surface area contributed by atoms with Crippen LogP contribution in [0.4, 0.5) is 0 Å². The molecule has 0 amide bonds. The minimum Gasteiger partial charge on any atom is -0.478 e. The van der Waals surface area contributed by atoms with Crippen LogP contribution in [0.2, 0.25) is 0 Å². The Hall–Kier alpha value is -1.92. The van der Waals surface area contributed by atoms with Crippen LogP contribution in [0.25, 0.3) is 0 Å². The monoisotopic (exact) mass is 312 g/mol. The molecule has 22 heavy (non-hydrogen) atoms. The minimum absolute atomic E-state index is 0.0833. The number of benzene rings is 1. The highest BCUT2D eigenvalue weighted by Gasteiger charge is 2.05. The number of hydrogen-bond donors (Lipinski definition) is 4. The van der Waals surface area contributed by atoms with Gasteiger partial charge in [-0.1, -0.05) is 19.8 Å². The van der Waals surface area contributed by atoms with E-state index >= 15 is 0 Å². The van der Waals surface area contributed by atoms with Gasteiger partial charge >= 0.3 is 11.9 Å². The van der Waals surface area contributed by atoms with E-state index in [-0.39, 0.29) is 17.7 Å². The Morgan fingerprint density at radius 1 is 0.955 bits per heavy atom. The number of aromatic carboxylic acids is 2. The third kappa shape index (κ3) is 8.39. The third-order valence-electron chi connectivity index (χ3n) is 3.23. The van der Waals surface area contributed by atoms with Crippen LogP contribution >= 0.6 is 0 Å². The molecule has 0 fully saturated rings. The van der Waals surface area contributed by atoms with Gasteiger partial charge in [0.05, 0.1) is 11.1 Å². The van der Waals surface area contributed by atoms with Crippen LogP contribution in [0.15, 0.2) is 24.3 Å². The maximum absolute atomic E-state index is 10.3. The predicted molar refractivity (Wildman–Crippen MR) is 82.2 cm³/mol. The van der Waals surface area contributed by atoms with Gasteiger partial charge in [-0.2, -0.15) is 0 Å². The van der Waals surface area contributed by atoms with Gasteiger partial charge in [0.15, 0.2) is 0 Å². The number of rotatable bonds is 8. The number of unbranched alkanes of at least 4 members (excludes halogenated alkanes) is 1. The molecular weight excluding hydrogens is 288 g/mol. The standard InChI is InChI=1S/C8H6O4.C8H18O2/c9-7(10)5-1-2-6(4-3-5)8(11)12;1-2-8(7-10)5-3-4-6-9/h1-4H,(H,9,10)(H,11,12);8-10H,2-7H2,1H3. The fourth-order valence-electron chi connectivity index (χ4n) is 1.72. The molecular formula is C16H24O6. The van der Waals surface area contributed by atoms with Crippen molar-refractivity contribution in [3.8, 4) is 0 Å². The largest absolute Gasteiger partial charge is 0.478 e. The highest BCUT2D eigenvalue weighted by atomic mass is 16.4. The average molecular weight is 312 g/mol. The lowest BCUT2D eigenvalue weighted by Crippen LogP contribution is -2.04. The highest BCUT2D eigenvalue weighted by molar-refractivity contribution is 5.91. The van der Waals surface area contributed by atoms with Gasteiger partial charge in [0.1, 0.15) is 0 Å². The first kappa shape index (κ1) is 20.1. The Bertz CT molecular complexity index is 403. The zero-order chi connectivity index (χ0) is 17.0. The molecule has 6 nitrogen and oxygen atoms in total. The molecule has 0 heterocycles. The van der Waals surface area contributed by atoms with E-state index in [0.29, 0.717) is 12.5 Å². The number of carboxylic acids is 2. The first-order valence-corrected chi connectivity index (χ1v) is 7.24. The van der Waals surface area contributed by atoms with Crippen LogP contribution in [0.3, 0.4) is 0 Å². The summed E-state index contributed by atoms with van der Waals surface area (Å²) in [5.74, 6) is -1.68. The second-order valence-corrected chi connectivity index (χ2v) is 4.86. The van der Waals surface area contributed by atoms with Gasteiger partial charge in [0, 0.05) is 13.2 Å². The second kappa shape index (κ2) is 11.7. The molecule has 1 aromatic carbocycles. The molecule has 1 unspecified atom stereocenters. The van der Waals surface area contributed by atoms with Crippen molar-refractivity contribution in [1.29, 1.82) is 0 Å². The van der Waals surface area contributed by atoms with Crippen LogP contribution < -0.4 is 0 Å². The summed E-state index contributed by atoms with van der Waals surface area (Å²) in [6.07, 6.45) is 4.00. The minimum atomic E-state index is -1.06. The van der Waals surface area contributed by atoms with E-state index in [0.717, 1.165) is 25.7 Å². The number of aliphatic hydroxyl groups excluding tert-OH is 2. The smallest absolute Gasteiger partial charge is 0.335 e. The molecule has 0 aliphatic carbocycles. The lowest BCUT2D eigenvalue weighted by molar-refractivity contribution is 0.0681. The summed E-state index contributed by atoms with van der Waals surface area (Å²) in [4.78, 5) is 20.7. The quantitative estimate of drug-likeness (QED) is 0.547. The maximum Gasteiger partial charge on any atom is 0.335 e. The van der Waals surface area contributed by atoms with E-state index in [1.54, 1.807) is 0 Å². The molecule has 0 saturated heterocycles. The lowest BCUT2D eigenvalue weighted by Gasteiger charge is -2.09. The highest BCUT2D eigenvalue weighted by Crippen LogP contribution is 2.10. The van der Waals surface area contributed by atoms with Crippen LogP contribution in [0.1, 0.15) is 53.3 Å². The van der Waals surface area contributed by atoms with Crippen LogP contribution in [0, 0.1) is 5.92 Å². The first-order chi connectivity index (χ1) is 10.5. The molecule has 1 atom stereocenters.